The maximum atomic E-state index is 4.96. The van der Waals surface area contributed by atoms with Gasteiger partial charge in [-0.3, -0.25) is 0 Å². The number of methoxy groups -OCH3 is 1. The summed E-state index contributed by atoms with van der Waals surface area (Å²) >= 11 is 0. The molecule has 0 radical (unpaired) electrons. The molecule has 11 heavy (non-hydrogen) atoms. The number of nitrogens with one attached hydrogen (secondary N) is 1. The van der Waals surface area contributed by atoms with Crippen molar-refractivity contribution in [2.45, 2.75) is 25.3 Å². The van der Waals surface area contributed by atoms with Crippen LogP contribution in [0.1, 0.15) is 19.3 Å². The van der Waals surface area contributed by atoms with Crippen molar-refractivity contribution < 1.29 is 4.74 Å². The van der Waals surface area contributed by atoms with Crippen LogP contribution >= 0.6 is 0 Å². The van der Waals surface area contributed by atoms with E-state index < -0.39 is 0 Å². The largest absolute Gasteiger partial charge is 0.385 e. The lowest BCUT2D eigenvalue weighted by Crippen LogP contribution is -2.24. The Labute approximate surface area is 69.6 Å². The molecule has 1 N–H and O–H groups in total. The minimum Gasteiger partial charge on any atom is -0.385 e. The van der Waals surface area contributed by atoms with Crippen molar-refractivity contribution in [3.8, 4) is 0 Å². The molecule has 0 aliphatic carbocycles. The Kier molecular flexibility index (Phi) is 7.52. The Bertz CT molecular complexity index is 93.6. The van der Waals surface area contributed by atoms with E-state index in [-0.39, 0.29) is 0 Å². The van der Waals surface area contributed by atoms with Crippen LogP contribution in [0.4, 0.5) is 0 Å². The summed E-state index contributed by atoms with van der Waals surface area (Å²) in [4.78, 5) is 0. The first-order valence-corrected chi connectivity index (χ1v) is 4.12. The van der Waals surface area contributed by atoms with Gasteiger partial charge in [0.05, 0.1) is 0 Å². The fraction of sp³-hybridized carbons (Fsp3) is 0.778. The molecule has 1 unspecified atom stereocenters. The summed E-state index contributed by atoms with van der Waals surface area (Å²) in [6.45, 7) is 4.56. The molecule has 0 aromatic rings. The molecule has 2 heteroatoms. The van der Waals surface area contributed by atoms with E-state index in [2.05, 4.69) is 11.9 Å². The van der Waals surface area contributed by atoms with Gasteiger partial charge in [-0.25, -0.2) is 0 Å². The molecule has 0 amide bonds. The molecule has 0 saturated carbocycles. The fourth-order valence-electron chi connectivity index (χ4n) is 1.06. The van der Waals surface area contributed by atoms with Gasteiger partial charge in [0.25, 0.3) is 0 Å². The predicted octanol–water partition coefficient (Wildman–Crippen LogP) is 1.58. The topological polar surface area (TPSA) is 21.3 Å². The Balaban J connectivity index is 3.27. The standard InChI is InChI=1S/C9H19NO/c1-4-6-9(10-2)7-5-8-11-3/h4,9-10H,1,5-8H2,2-3H3. The van der Waals surface area contributed by atoms with Crippen LogP contribution in [-0.2, 0) is 4.74 Å². The summed E-state index contributed by atoms with van der Waals surface area (Å²) in [6.07, 6.45) is 5.28. The molecule has 0 rings (SSSR count). The Morgan fingerprint density at radius 3 is 2.82 bits per heavy atom. The Morgan fingerprint density at radius 1 is 1.64 bits per heavy atom. The van der Waals surface area contributed by atoms with Gasteiger partial charge in [-0.15, -0.1) is 6.58 Å². The quantitative estimate of drug-likeness (QED) is 0.447. The molecular formula is C9H19NO. The average Bonchev–Trinajstić information content (AvgIpc) is 2.03. The second-order valence-corrected chi connectivity index (χ2v) is 2.65. The molecule has 0 saturated heterocycles. The molecular weight excluding hydrogens is 138 g/mol. The average molecular weight is 157 g/mol. The summed E-state index contributed by atoms with van der Waals surface area (Å²) in [5.41, 5.74) is 0. The zero-order chi connectivity index (χ0) is 8.53. The van der Waals surface area contributed by atoms with Crippen molar-refractivity contribution in [1.82, 2.24) is 5.32 Å². The summed E-state index contributed by atoms with van der Waals surface area (Å²) in [5, 5.41) is 3.24. The lowest BCUT2D eigenvalue weighted by molar-refractivity contribution is 0.189. The fourth-order valence-corrected chi connectivity index (χ4v) is 1.06. The van der Waals surface area contributed by atoms with Crippen LogP contribution in [0.5, 0.6) is 0 Å². The Hall–Kier alpha value is -0.340. The molecule has 66 valence electrons. The van der Waals surface area contributed by atoms with E-state index in [1.807, 2.05) is 13.1 Å². The van der Waals surface area contributed by atoms with E-state index in [0.29, 0.717) is 6.04 Å². The molecule has 0 fully saturated rings. The van der Waals surface area contributed by atoms with Crippen LogP contribution in [0, 0.1) is 0 Å². The third kappa shape index (κ3) is 6.07. The highest BCUT2D eigenvalue weighted by Crippen LogP contribution is 2.01. The highest BCUT2D eigenvalue weighted by molar-refractivity contribution is 4.76. The van der Waals surface area contributed by atoms with Gasteiger partial charge < -0.3 is 10.1 Å². The second-order valence-electron chi connectivity index (χ2n) is 2.65. The van der Waals surface area contributed by atoms with Gasteiger partial charge in [0.15, 0.2) is 0 Å². The monoisotopic (exact) mass is 157 g/mol. The summed E-state index contributed by atoms with van der Waals surface area (Å²) < 4.78 is 4.96. The van der Waals surface area contributed by atoms with Gasteiger partial charge in [0, 0.05) is 19.8 Å². The zero-order valence-corrected chi connectivity index (χ0v) is 7.60. The first-order valence-electron chi connectivity index (χ1n) is 4.12. The lowest BCUT2D eigenvalue weighted by Gasteiger charge is -2.12. The Morgan fingerprint density at radius 2 is 2.36 bits per heavy atom. The minimum absolute atomic E-state index is 0.572. The van der Waals surface area contributed by atoms with E-state index in [1.165, 1.54) is 0 Å². The van der Waals surface area contributed by atoms with Crippen LogP contribution in [-0.4, -0.2) is 26.8 Å². The van der Waals surface area contributed by atoms with E-state index in [1.54, 1.807) is 7.11 Å². The predicted molar refractivity (Wildman–Crippen MR) is 48.8 cm³/mol. The van der Waals surface area contributed by atoms with Crippen molar-refractivity contribution in [2.75, 3.05) is 20.8 Å². The molecule has 0 aliphatic rings. The van der Waals surface area contributed by atoms with Crippen LogP contribution in [0.2, 0.25) is 0 Å². The molecule has 0 heterocycles. The van der Waals surface area contributed by atoms with Crippen LogP contribution in [0.15, 0.2) is 12.7 Å². The van der Waals surface area contributed by atoms with E-state index >= 15 is 0 Å². The molecule has 0 aromatic carbocycles. The smallest absolute Gasteiger partial charge is 0.0462 e. The first kappa shape index (κ1) is 10.7. The van der Waals surface area contributed by atoms with Crippen molar-refractivity contribution in [1.29, 1.82) is 0 Å². The maximum Gasteiger partial charge on any atom is 0.0462 e. The molecule has 0 aromatic heterocycles. The van der Waals surface area contributed by atoms with Crippen molar-refractivity contribution >= 4 is 0 Å². The maximum absolute atomic E-state index is 4.96. The van der Waals surface area contributed by atoms with Crippen LogP contribution in [0.3, 0.4) is 0 Å². The highest BCUT2D eigenvalue weighted by atomic mass is 16.5. The summed E-state index contributed by atoms with van der Waals surface area (Å²) in [5.74, 6) is 0. The molecule has 0 aliphatic heterocycles. The number of hydrogen-bond donors (Lipinski definition) is 1. The third-order valence-electron chi connectivity index (χ3n) is 1.76. The second kappa shape index (κ2) is 7.76. The van der Waals surface area contributed by atoms with Crippen LogP contribution in [0.25, 0.3) is 0 Å². The summed E-state index contributed by atoms with van der Waals surface area (Å²) in [6, 6.07) is 0.572. The zero-order valence-electron chi connectivity index (χ0n) is 7.60. The molecule has 1 atom stereocenters. The summed E-state index contributed by atoms with van der Waals surface area (Å²) in [7, 11) is 3.73. The van der Waals surface area contributed by atoms with E-state index in [0.717, 1.165) is 25.9 Å². The first-order chi connectivity index (χ1) is 5.35. The van der Waals surface area contributed by atoms with Gasteiger partial charge >= 0.3 is 0 Å². The van der Waals surface area contributed by atoms with Gasteiger partial charge in [0.1, 0.15) is 0 Å². The third-order valence-corrected chi connectivity index (χ3v) is 1.76. The van der Waals surface area contributed by atoms with Gasteiger partial charge in [0.2, 0.25) is 0 Å². The normalized spacial score (nSPS) is 12.9. The molecule has 0 spiro atoms. The van der Waals surface area contributed by atoms with Crippen molar-refractivity contribution in [2.24, 2.45) is 0 Å². The number of hydrogen-bond acceptors (Lipinski definition) is 2. The number of rotatable bonds is 7. The lowest BCUT2D eigenvalue weighted by atomic mass is 10.1. The van der Waals surface area contributed by atoms with Gasteiger partial charge in [-0.1, -0.05) is 6.08 Å². The molecule has 0 bridgehead atoms. The van der Waals surface area contributed by atoms with E-state index in [4.69, 9.17) is 4.74 Å². The van der Waals surface area contributed by atoms with Gasteiger partial charge in [-0.2, -0.15) is 0 Å². The number of ether oxygens (including phenoxy) is 1. The minimum atomic E-state index is 0.572. The van der Waals surface area contributed by atoms with Crippen molar-refractivity contribution in [3.05, 3.63) is 12.7 Å². The SMILES string of the molecule is C=CCC(CCCOC)NC. The van der Waals surface area contributed by atoms with E-state index in [9.17, 15) is 0 Å². The van der Waals surface area contributed by atoms with Gasteiger partial charge in [-0.05, 0) is 26.3 Å². The highest BCUT2D eigenvalue weighted by Gasteiger charge is 2.01. The van der Waals surface area contributed by atoms with Crippen LogP contribution < -0.4 is 5.32 Å². The molecule has 2 nitrogen and oxygen atoms in total. The van der Waals surface area contributed by atoms with Crippen molar-refractivity contribution in [3.63, 3.8) is 0 Å².